The maximum atomic E-state index is 11.1. The van der Waals surface area contributed by atoms with Gasteiger partial charge in [-0.15, -0.1) is 0 Å². The molecular formula is C14H20N2O2. The van der Waals surface area contributed by atoms with E-state index in [0.717, 1.165) is 12.3 Å². The largest absolute Gasteiger partial charge is 0.478 e. The van der Waals surface area contributed by atoms with Crippen molar-refractivity contribution in [2.45, 2.75) is 39.2 Å². The first-order valence-corrected chi connectivity index (χ1v) is 6.51. The van der Waals surface area contributed by atoms with E-state index in [9.17, 15) is 4.79 Å². The van der Waals surface area contributed by atoms with Crippen molar-refractivity contribution < 1.29 is 9.90 Å². The molecule has 1 saturated carbocycles. The van der Waals surface area contributed by atoms with Gasteiger partial charge in [-0.05, 0) is 37.2 Å². The molecule has 2 rings (SSSR count). The monoisotopic (exact) mass is 248 g/mol. The lowest BCUT2D eigenvalue weighted by molar-refractivity contribution is 0.0697. The van der Waals surface area contributed by atoms with Gasteiger partial charge in [0.2, 0.25) is 0 Å². The van der Waals surface area contributed by atoms with Crippen LogP contribution in [0.4, 0.5) is 5.69 Å². The Morgan fingerprint density at radius 1 is 1.44 bits per heavy atom. The molecule has 1 heterocycles. The van der Waals surface area contributed by atoms with Crippen molar-refractivity contribution in [1.82, 2.24) is 4.98 Å². The zero-order valence-electron chi connectivity index (χ0n) is 10.9. The van der Waals surface area contributed by atoms with E-state index in [1.807, 2.05) is 0 Å². The van der Waals surface area contributed by atoms with Gasteiger partial charge in [0.05, 0.1) is 5.69 Å². The highest BCUT2D eigenvalue weighted by atomic mass is 16.4. The third-order valence-corrected chi connectivity index (χ3v) is 3.82. The highest BCUT2D eigenvalue weighted by Gasteiger charge is 2.26. The molecule has 4 nitrogen and oxygen atoms in total. The summed E-state index contributed by atoms with van der Waals surface area (Å²) in [4.78, 5) is 15.0. The summed E-state index contributed by atoms with van der Waals surface area (Å²) >= 11 is 0. The zero-order valence-corrected chi connectivity index (χ0v) is 10.9. The van der Waals surface area contributed by atoms with Gasteiger partial charge in [0, 0.05) is 18.4 Å². The van der Waals surface area contributed by atoms with Crippen LogP contribution in [0, 0.1) is 11.8 Å². The summed E-state index contributed by atoms with van der Waals surface area (Å²) in [6.45, 7) is 4.51. The van der Waals surface area contributed by atoms with E-state index in [1.54, 1.807) is 12.3 Å². The van der Waals surface area contributed by atoms with E-state index in [0.29, 0.717) is 17.6 Å². The molecule has 4 heteroatoms. The quantitative estimate of drug-likeness (QED) is 0.863. The van der Waals surface area contributed by atoms with Gasteiger partial charge in [-0.1, -0.05) is 13.8 Å². The van der Waals surface area contributed by atoms with Crippen LogP contribution in [0.5, 0.6) is 0 Å². The van der Waals surface area contributed by atoms with Gasteiger partial charge in [0.1, 0.15) is 5.56 Å². The van der Waals surface area contributed by atoms with Crippen LogP contribution < -0.4 is 5.32 Å². The molecule has 0 bridgehead atoms. The summed E-state index contributed by atoms with van der Waals surface area (Å²) in [6, 6.07) is 2.11. The van der Waals surface area contributed by atoms with Crippen molar-refractivity contribution in [3.8, 4) is 0 Å². The number of aromatic nitrogens is 1. The average Bonchev–Trinajstić information content (AvgIpc) is 2.33. The summed E-state index contributed by atoms with van der Waals surface area (Å²) in [5.74, 6) is 0.417. The molecule has 1 aromatic heterocycles. The van der Waals surface area contributed by atoms with Crippen molar-refractivity contribution in [3.05, 3.63) is 24.0 Å². The lowest BCUT2D eigenvalue weighted by Gasteiger charge is -2.34. The van der Waals surface area contributed by atoms with Crippen molar-refractivity contribution in [2.24, 2.45) is 11.8 Å². The Bertz CT molecular complexity index is 434. The van der Waals surface area contributed by atoms with Crippen molar-refractivity contribution >= 4 is 11.7 Å². The van der Waals surface area contributed by atoms with Gasteiger partial charge in [-0.25, -0.2) is 4.79 Å². The fourth-order valence-electron chi connectivity index (χ4n) is 2.77. The third kappa shape index (κ3) is 2.81. The van der Waals surface area contributed by atoms with Crippen LogP contribution in [0.25, 0.3) is 0 Å². The van der Waals surface area contributed by atoms with Crippen LogP contribution in [0.3, 0.4) is 0 Å². The number of hydrogen-bond acceptors (Lipinski definition) is 3. The Hall–Kier alpha value is -1.58. The molecule has 0 aliphatic heterocycles. The molecule has 1 aromatic rings. The second-order valence-electron chi connectivity index (χ2n) is 5.37. The maximum Gasteiger partial charge on any atom is 0.339 e. The molecule has 0 saturated heterocycles. The molecule has 1 aliphatic rings. The molecule has 1 fully saturated rings. The summed E-state index contributed by atoms with van der Waals surface area (Å²) < 4.78 is 0. The summed E-state index contributed by atoms with van der Waals surface area (Å²) in [5, 5.41) is 12.5. The Morgan fingerprint density at radius 3 is 2.89 bits per heavy atom. The minimum Gasteiger partial charge on any atom is -0.478 e. The molecule has 18 heavy (non-hydrogen) atoms. The van der Waals surface area contributed by atoms with Gasteiger partial charge in [0.15, 0.2) is 0 Å². The van der Waals surface area contributed by atoms with E-state index in [2.05, 4.69) is 24.1 Å². The number of carboxylic acid groups (broad SMARTS) is 1. The first-order chi connectivity index (χ1) is 8.58. The van der Waals surface area contributed by atoms with Gasteiger partial charge in [0.25, 0.3) is 0 Å². The molecule has 98 valence electrons. The number of aromatic carboxylic acids is 1. The van der Waals surface area contributed by atoms with Gasteiger partial charge < -0.3 is 10.4 Å². The Balaban J connectivity index is 2.12. The zero-order chi connectivity index (χ0) is 13.1. The molecule has 0 radical (unpaired) electrons. The maximum absolute atomic E-state index is 11.1. The minimum absolute atomic E-state index is 0.253. The topological polar surface area (TPSA) is 62.2 Å². The SMILES string of the molecule is CC1CCC(Nc2ccncc2C(=O)O)C(C)C1. The first kappa shape index (κ1) is 12.9. The molecule has 3 unspecified atom stereocenters. The number of carbonyl (C=O) groups is 1. The number of rotatable bonds is 3. The van der Waals surface area contributed by atoms with Gasteiger partial charge in [-0.3, -0.25) is 4.98 Å². The standard InChI is InChI=1S/C14H20N2O2/c1-9-3-4-12(10(2)7-9)16-13-5-6-15-8-11(13)14(17)18/h5-6,8-10,12H,3-4,7H2,1-2H3,(H,15,16)(H,17,18). The van der Waals surface area contributed by atoms with Crippen LogP contribution in [0.15, 0.2) is 18.5 Å². The number of nitrogens with zero attached hydrogens (tertiary/aromatic N) is 1. The molecule has 2 N–H and O–H groups in total. The predicted molar refractivity (Wildman–Crippen MR) is 70.8 cm³/mol. The van der Waals surface area contributed by atoms with E-state index in [4.69, 9.17) is 5.11 Å². The second kappa shape index (κ2) is 5.38. The highest BCUT2D eigenvalue weighted by molar-refractivity contribution is 5.93. The minimum atomic E-state index is -0.928. The van der Waals surface area contributed by atoms with E-state index >= 15 is 0 Å². The molecule has 0 spiro atoms. The Kier molecular flexibility index (Phi) is 3.84. The smallest absolute Gasteiger partial charge is 0.339 e. The summed E-state index contributed by atoms with van der Waals surface area (Å²) in [5.41, 5.74) is 0.937. The average molecular weight is 248 g/mol. The summed E-state index contributed by atoms with van der Waals surface area (Å²) in [6.07, 6.45) is 6.54. The van der Waals surface area contributed by atoms with Crippen LogP contribution in [0.1, 0.15) is 43.5 Å². The van der Waals surface area contributed by atoms with Gasteiger partial charge in [-0.2, -0.15) is 0 Å². The van der Waals surface area contributed by atoms with Crippen LogP contribution in [-0.4, -0.2) is 22.1 Å². The molecule has 0 amide bonds. The number of pyridine rings is 1. The van der Waals surface area contributed by atoms with Crippen LogP contribution >= 0.6 is 0 Å². The lowest BCUT2D eigenvalue weighted by Crippen LogP contribution is -2.33. The summed E-state index contributed by atoms with van der Waals surface area (Å²) in [7, 11) is 0. The molecule has 1 aliphatic carbocycles. The number of nitrogens with one attached hydrogen (secondary N) is 1. The predicted octanol–water partition coefficient (Wildman–Crippen LogP) is 3.02. The number of hydrogen-bond donors (Lipinski definition) is 2. The van der Waals surface area contributed by atoms with Crippen molar-refractivity contribution in [1.29, 1.82) is 0 Å². The van der Waals surface area contributed by atoms with Crippen molar-refractivity contribution in [3.63, 3.8) is 0 Å². The number of anilines is 1. The van der Waals surface area contributed by atoms with E-state index in [1.165, 1.54) is 19.0 Å². The van der Waals surface area contributed by atoms with Gasteiger partial charge >= 0.3 is 5.97 Å². The van der Waals surface area contributed by atoms with Crippen LogP contribution in [0.2, 0.25) is 0 Å². The number of carboxylic acids is 1. The normalized spacial score (nSPS) is 27.8. The Morgan fingerprint density at radius 2 is 2.22 bits per heavy atom. The van der Waals surface area contributed by atoms with E-state index in [-0.39, 0.29) is 5.56 Å². The Labute approximate surface area is 107 Å². The fourth-order valence-corrected chi connectivity index (χ4v) is 2.77. The van der Waals surface area contributed by atoms with E-state index < -0.39 is 5.97 Å². The van der Waals surface area contributed by atoms with Crippen molar-refractivity contribution in [2.75, 3.05) is 5.32 Å². The second-order valence-corrected chi connectivity index (χ2v) is 5.37. The third-order valence-electron chi connectivity index (χ3n) is 3.82. The molecule has 0 aromatic carbocycles. The van der Waals surface area contributed by atoms with Crippen LogP contribution in [-0.2, 0) is 0 Å². The highest BCUT2D eigenvalue weighted by Crippen LogP contribution is 2.31. The molecular weight excluding hydrogens is 228 g/mol. The first-order valence-electron chi connectivity index (χ1n) is 6.51. The fraction of sp³-hybridized carbons (Fsp3) is 0.571. The molecule has 3 atom stereocenters. The lowest BCUT2D eigenvalue weighted by atomic mass is 9.80.